The Morgan fingerprint density at radius 2 is 1.67 bits per heavy atom. The van der Waals surface area contributed by atoms with Gasteiger partial charge in [0, 0.05) is 16.3 Å². The number of hydrogen-bond acceptors (Lipinski definition) is 5. The largest absolute Gasteiger partial charge is 0.422 e. The van der Waals surface area contributed by atoms with E-state index in [9.17, 15) is 9.59 Å². The first-order chi connectivity index (χ1) is 11.6. The minimum absolute atomic E-state index is 0.402. The van der Waals surface area contributed by atoms with Crippen LogP contribution < -0.4 is 11.3 Å². The van der Waals surface area contributed by atoms with E-state index >= 15 is 0 Å². The van der Waals surface area contributed by atoms with Gasteiger partial charge in [-0.15, -0.1) is 0 Å². The normalized spacial score (nSPS) is 11.2. The maximum absolute atomic E-state index is 12.2. The van der Waals surface area contributed by atoms with Crippen molar-refractivity contribution < 1.29 is 8.83 Å². The van der Waals surface area contributed by atoms with Gasteiger partial charge >= 0.3 is 11.3 Å². The second-order valence-electron chi connectivity index (χ2n) is 5.42. The molecule has 118 valence electrons. The van der Waals surface area contributed by atoms with E-state index in [1.807, 2.05) is 37.3 Å². The highest BCUT2D eigenvalue weighted by Crippen LogP contribution is 2.31. The van der Waals surface area contributed by atoms with Crippen LogP contribution in [0.25, 0.3) is 21.9 Å². The molecule has 4 nitrogen and oxygen atoms in total. The molecule has 0 radical (unpaired) electrons. The van der Waals surface area contributed by atoms with Crippen molar-refractivity contribution in [2.24, 2.45) is 0 Å². The molecule has 2 aromatic heterocycles. The maximum atomic E-state index is 12.2. The molecular formula is C19H12O4S. The van der Waals surface area contributed by atoms with Crippen LogP contribution in [0.4, 0.5) is 0 Å². The molecule has 0 saturated heterocycles. The van der Waals surface area contributed by atoms with Crippen molar-refractivity contribution in [1.82, 2.24) is 0 Å². The molecule has 4 rings (SSSR count). The molecule has 0 aliphatic carbocycles. The predicted molar refractivity (Wildman–Crippen MR) is 93.8 cm³/mol. The van der Waals surface area contributed by atoms with Crippen LogP contribution >= 0.6 is 11.8 Å². The van der Waals surface area contributed by atoms with Gasteiger partial charge in [0.1, 0.15) is 11.2 Å². The summed E-state index contributed by atoms with van der Waals surface area (Å²) in [5.41, 5.74) is 0.836. The lowest BCUT2D eigenvalue weighted by molar-refractivity contribution is 0.539. The molecule has 0 spiro atoms. The quantitative estimate of drug-likeness (QED) is 0.402. The Balaban J connectivity index is 1.99. The van der Waals surface area contributed by atoms with Crippen LogP contribution in [0, 0.1) is 6.92 Å². The Labute approximate surface area is 140 Å². The van der Waals surface area contributed by atoms with Gasteiger partial charge in [-0.25, -0.2) is 9.59 Å². The topological polar surface area (TPSA) is 60.4 Å². The first kappa shape index (κ1) is 14.8. The second-order valence-corrected chi connectivity index (χ2v) is 6.53. The first-order valence-electron chi connectivity index (χ1n) is 7.36. The van der Waals surface area contributed by atoms with E-state index in [0.29, 0.717) is 21.4 Å². The van der Waals surface area contributed by atoms with Crippen molar-refractivity contribution in [1.29, 1.82) is 0 Å². The standard InChI is InChI=1S/C19H12O4S/c1-11-9-17(20)23-18-13(11)7-8-15-14(18)10-16(19(21)22-15)24-12-5-3-2-4-6-12/h2-10H,1H3. The molecule has 2 aromatic carbocycles. The summed E-state index contributed by atoms with van der Waals surface area (Å²) in [5.74, 6) is 0. The fraction of sp³-hybridized carbons (Fsp3) is 0.0526. The van der Waals surface area contributed by atoms with Gasteiger partial charge in [0.15, 0.2) is 0 Å². The van der Waals surface area contributed by atoms with Crippen LogP contribution in [0.15, 0.2) is 82.8 Å². The van der Waals surface area contributed by atoms with Crippen molar-refractivity contribution in [2.45, 2.75) is 16.7 Å². The van der Waals surface area contributed by atoms with Crippen LogP contribution in [0.5, 0.6) is 0 Å². The molecule has 5 heteroatoms. The number of aryl methyl sites for hydroxylation is 1. The lowest BCUT2D eigenvalue weighted by Gasteiger charge is -2.06. The highest BCUT2D eigenvalue weighted by atomic mass is 32.2. The van der Waals surface area contributed by atoms with Crippen LogP contribution in [-0.2, 0) is 0 Å². The molecule has 0 bridgehead atoms. The van der Waals surface area contributed by atoms with Gasteiger partial charge in [-0.05, 0) is 42.8 Å². The van der Waals surface area contributed by atoms with E-state index in [1.165, 1.54) is 17.8 Å². The Kier molecular flexibility index (Phi) is 3.50. The first-order valence-corrected chi connectivity index (χ1v) is 8.18. The number of fused-ring (bicyclic) bond motifs is 3. The van der Waals surface area contributed by atoms with Crippen LogP contribution in [-0.4, -0.2) is 0 Å². The lowest BCUT2D eigenvalue weighted by atomic mass is 10.1. The maximum Gasteiger partial charge on any atom is 0.350 e. The fourth-order valence-electron chi connectivity index (χ4n) is 2.64. The van der Waals surface area contributed by atoms with Gasteiger partial charge in [-0.3, -0.25) is 0 Å². The van der Waals surface area contributed by atoms with E-state index in [0.717, 1.165) is 15.8 Å². The number of hydrogen-bond donors (Lipinski definition) is 0. The van der Waals surface area contributed by atoms with Gasteiger partial charge in [0.2, 0.25) is 0 Å². The molecule has 0 aliphatic heterocycles. The molecule has 0 saturated carbocycles. The summed E-state index contributed by atoms with van der Waals surface area (Å²) in [6.45, 7) is 1.85. The summed E-state index contributed by atoms with van der Waals surface area (Å²) in [6, 6.07) is 16.3. The Hall–Kier alpha value is -2.79. The second kappa shape index (κ2) is 5.69. The highest BCUT2D eigenvalue weighted by Gasteiger charge is 2.12. The Morgan fingerprint density at radius 3 is 2.46 bits per heavy atom. The van der Waals surface area contributed by atoms with Crippen molar-refractivity contribution >= 4 is 33.7 Å². The summed E-state index contributed by atoms with van der Waals surface area (Å²) in [4.78, 5) is 25.3. The smallest absolute Gasteiger partial charge is 0.350 e. The molecule has 0 unspecified atom stereocenters. The zero-order chi connectivity index (χ0) is 16.7. The monoisotopic (exact) mass is 336 g/mol. The summed E-state index contributed by atoms with van der Waals surface area (Å²) in [6.07, 6.45) is 0. The van der Waals surface area contributed by atoms with Gasteiger partial charge < -0.3 is 8.83 Å². The van der Waals surface area contributed by atoms with E-state index in [1.54, 1.807) is 18.2 Å². The van der Waals surface area contributed by atoms with E-state index in [4.69, 9.17) is 8.83 Å². The average molecular weight is 336 g/mol. The van der Waals surface area contributed by atoms with Gasteiger partial charge in [0.05, 0.1) is 10.3 Å². The molecule has 24 heavy (non-hydrogen) atoms. The predicted octanol–water partition coefficient (Wildman–Crippen LogP) is 4.36. The van der Waals surface area contributed by atoms with Crippen molar-refractivity contribution in [3.05, 3.63) is 81.0 Å². The minimum atomic E-state index is -0.420. The zero-order valence-corrected chi connectivity index (χ0v) is 13.6. The average Bonchev–Trinajstić information content (AvgIpc) is 2.56. The molecule has 0 amide bonds. The molecule has 0 atom stereocenters. The van der Waals surface area contributed by atoms with Gasteiger partial charge in [0.25, 0.3) is 0 Å². The molecule has 0 fully saturated rings. The number of rotatable bonds is 2. The molecular weight excluding hydrogens is 324 g/mol. The summed E-state index contributed by atoms with van der Waals surface area (Å²) in [5, 5.41) is 1.44. The van der Waals surface area contributed by atoms with Crippen LogP contribution in [0.3, 0.4) is 0 Å². The summed E-state index contributed by atoms with van der Waals surface area (Å²) >= 11 is 1.32. The van der Waals surface area contributed by atoms with E-state index in [2.05, 4.69) is 0 Å². The number of benzene rings is 2. The SMILES string of the molecule is Cc1cc(=O)oc2c1ccc1oc(=O)c(Sc3ccccc3)cc12. The Morgan fingerprint density at radius 1 is 0.875 bits per heavy atom. The molecule has 0 N–H and O–H groups in total. The van der Waals surface area contributed by atoms with Gasteiger partial charge in [-0.1, -0.05) is 30.0 Å². The summed E-state index contributed by atoms with van der Waals surface area (Å²) in [7, 11) is 0. The summed E-state index contributed by atoms with van der Waals surface area (Å²) < 4.78 is 10.8. The molecule has 4 aromatic rings. The fourth-order valence-corrected chi connectivity index (χ4v) is 3.49. The van der Waals surface area contributed by atoms with E-state index in [-0.39, 0.29) is 0 Å². The highest BCUT2D eigenvalue weighted by molar-refractivity contribution is 7.99. The Bertz CT molecular complexity index is 1170. The molecule has 0 aliphatic rings. The molecule has 2 heterocycles. The zero-order valence-electron chi connectivity index (χ0n) is 12.7. The lowest BCUT2D eigenvalue weighted by Crippen LogP contribution is -2.03. The third-order valence-electron chi connectivity index (χ3n) is 3.77. The van der Waals surface area contributed by atoms with Crippen molar-refractivity contribution in [3.8, 4) is 0 Å². The van der Waals surface area contributed by atoms with Crippen LogP contribution in [0.1, 0.15) is 5.56 Å². The third-order valence-corrected chi connectivity index (χ3v) is 4.78. The van der Waals surface area contributed by atoms with Crippen LogP contribution in [0.2, 0.25) is 0 Å². The van der Waals surface area contributed by atoms with Gasteiger partial charge in [-0.2, -0.15) is 0 Å². The van der Waals surface area contributed by atoms with Crippen molar-refractivity contribution in [3.63, 3.8) is 0 Å². The van der Waals surface area contributed by atoms with E-state index < -0.39 is 11.3 Å². The van der Waals surface area contributed by atoms with Crippen molar-refractivity contribution in [2.75, 3.05) is 0 Å². The minimum Gasteiger partial charge on any atom is -0.422 e. The third kappa shape index (κ3) is 2.53.